The van der Waals surface area contributed by atoms with Crippen LogP contribution in [0.2, 0.25) is 0 Å². The monoisotopic (exact) mass is 262 g/mol. The summed E-state index contributed by atoms with van der Waals surface area (Å²) in [4.78, 5) is 0. The van der Waals surface area contributed by atoms with Gasteiger partial charge in [0.1, 0.15) is 0 Å². The minimum absolute atomic E-state index is 0.0248. The second-order valence-electron chi connectivity index (χ2n) is 5.25. The SMILES string of the molecule is OB(O)c1cccc2c1CC[C@@H]2OC1CCCCO1. The summed E-state index contributed by atoms with van der Waals surface area (Å²) in [6, 6.07) is 5.64. The number of hydrogen-bond acceptors (Lipinski definition) is 4. The highest BCUT2D eigenvalue weighted by Gasteiger charge is 2.30. The van der Waals surface area contributed by atoms with Crippen LogP contribution in [-0.4, -0.2) is 30.1 Å². The molecule has 102 valence electrons. The Bertz CT molecular complexity index is 443. The van der Waals surface area contributed by atoms with Gasteiger partial charge >= 0.3 is 7.12 Å². The first kappa shape index (κ1) is 13.1. The van der Waals surface area contributed by atoms with Crippen molar-refractivity contribution in [2.45, 2.75) is 44.5 Å². The fourth-order valence-electron chi connectivity index (χ4n) is 3.03. The molecule has 1 aliphatic heterocycles. The van der Waals surface area contributed by atoms with Gasteiger partial charge < -0.3 is 19.5 Å². The number of fused-ring (bicyclic) bond motifs is 1. The Morgan fingerprint density at radius 2 is 2.11 bits per heavy atom. The lowest BCUT2D eigenvalue weighted by Crippen LogP contribution is -2.33. The van der Waals surface area contributed by atoms with E-state index in [0.717, 1.165) is 49.8 Å². The van der Waals surface area contributed by atoms with Gasteiger partial charge in [0.2, 0.25) is 0 Å². The third-order valence-electron chi connectivity index (χ3n) is 3.98. The zero-order valence-electron chi connectivity index (χ0n) is 10.9. The summed E-state index contributed by atoms with van der Waals surface area (Å²) in [6.07, 6.45) is 4.86. The standard InChI is InChI=1S/C14H19BO4/c16-15(17)12-5-3-4-11-10(12)7-8-13(11)19-14-6-1-2-9-18-14/h3-5,13-14,16-17H,1-2,6-9H2/t13-,14?/m0/s1. The van der Waals surface area contributed by atoms with Crippen LogP contribution in [0.3, 0.4) is 0 Å². The quantitative estimate of drug-likeness (QED) is 0.794. The maximum absolute atomic E-state index is 9.39. The number of ether oxygens (including phenoxy) is 2. The molecule has 1 aromatic carbocycles. The Morgan fingerprint density at radius 1 is 1.21 bits per heavy atom. The highest BCUT2D eigenvalue weighted by molar-refractivity contribution is 6.59. The van der Waals surface area contributed by atoms with E-state index in [4.69, 9.17) is 9.47 Å². The van der Waals surface area contributed by atoms with Crippen molar-refractivity contribution in [3.63, 3.8) is 0 Å². The normalized spacial score (nSPS) is 26.2. The first-order chi connectivity index (χ1) is 9.25. The molecule has 0 aromatic heterocycles. The third-order valence-corrected chi connectivity index (χ3v) is 3.98. The second kappa shape index (κ2) is 5.63. The van der Waals surface area contributed by atoms with Gasteiger partial charge in [-0.1, -0.05) is 18.2 Å². The fraction of sp³-hybridized carbons (Fsp3) is 0.571. The zero-order valence-corrected chi connectivity index (χ0v) is 10.9. The molecule has 1 aromatic rings. The Balaban J connectivity index is 1.76. The maximum atomic E-state index is 9.39. The van der Waals surface area contributed by atoms with Crippen LogP contribution in [0, 0.1) is 0 Å². The molecule has 4 nitrogen and oxygen atoms in total. The average Bonchev–Trinajstić information content (AvgIpc) is 2.83. The van der Waals surface area contributed by atoms with E-state index in [1.54, 1.807) is 6.07 Å². The third kappa shape index (κ3) is 2.70. The van der Waals surface area contributed by atoms with E-state index in [1.165, 1.54) is 0 Å². The predicted molar refractivity (Wildman–Crippen MR) is 72.0 cm³/mol. The van der Waals surface area contributed by atoms with E-state index in [1.807, 2.05) is 12.1 Å². The van der Waals surface area contributed by atoms with Gasteiger partial charge in [0.15, 0.2) is 6.29 Å². The molecule has 19 heavy (non-hydrogen) atoms. The van der Waals surface area contributed by atoms with E-state index >= 15 is 0 Å². The van der Waals surface area contributed by atoms with Gasteiger partial charge in [0.25, 0.3) is 0 Å². The van der Waals surface area contributed by atoms with Crippen molar-refractivity contribution in [2.75, 3.05) is 6.61 Å². The summed E-state index contributed by atoms with van der Waals surface area (Å²) >= 11 is 0. The summed E-state index contributed by atoms with van der Waals surface area (Å²) in [5, 5.41) is 18.8. The zero-order chi connectivity index (χ0) is 13.2. The van der Waals surface area contributed by atoms with Crippen LogP contribution < -0.4 is 5.46 Å². The molecule has 2 aliphatic rings. The topological polar surface area (TPSA) is 58.9 Å². The van der Waals surface area contributed by atoms with Gasteiger partial charge in [0.05, 0.1) is 6.10 Å². The molecule has 0 saturated carbocycles. The highest BCUT2D eigenvalue weighted by atomic mass is 16.7. The van der Waals surface area contributed by atoms with Crippen molar-refractivity contribution >= 4 is 12.6 Å². The van der Waals surface area contributed by atoms with Crippen LogP contribution in [0.25, 0.3) is 0 Å². The lowest BCUT2D eigenvalue weighted by atomic mass is 9.76. The fourth-order valence-corrected chi connectivity index (χ4v) is 3.03. The van der Waals surface area contributed by atoms with Crippen molar-refractivity contribution in [3.8, 4) is 0 Å². The molecule has 5 heteroatoms. The van der Waals surface area contributed by atoms with Crippen LogP contribution in [-0.2, 0) is 15.9 Å². The molecule has 1 saturated heterocycles. The minimum atomic E-state index is -1.40. The largest absolute Gasteiger partial charge is 0.488 e. The molecular weight excluding hydrogens is 243 g/mol. The molecule has 1 unspecified atom stereocenters. The van der Waals surface area contributed by atoms with Crippen molar-refractivity contribution in [1.82, 2.24) is 0 Å². The number of hydrogen-bond donors (Lipinski definition) is 2. The van der Waals surface area contributed by atoms with Crippen molar-refractivity contribution in [1.29, 1.82) is 0 Å². The van der Waals surface area contributed by atoms with E-state index in [2.05, 4.69) is 0 Å². The first-order valence-corrected chi connectivity index (χ1v) is 7.00. The van der Waals surface area contributed by atoms with Crippen LogP contribution >= 0.6 is 0 Å². The van der Waals surface area contributed by atoms with Gasteiger partial charge in [-0.25, -0.2) is 0 Å². The Labute approximate surface area is 113 Å². The summed E-state index contributed by atoms with van der Waals surface area (Å²) in [7, 11) is -1.40. The molecule has 0 spiro atoms. The molecular formula is C14H19BO4. The number of benzene rings is 1. The average molecular weight is 262 g/mol. The minimum Gasteiger partial charge on any atom is -0.423 e. The smallest absolute Gasteiger partial charge is 0.423 e. The van der Waals surface area contributed by atoms with Crippen molar-refractivity contribution in [2.24, 2.45) is 0 Å². The van der Waals surface area contributed by atoms with Crippen molar-refractivity contribution < 1.29 is 19.5 Å². The summed E-state index contributed by atoms with van der Waals surface area (Å²) in [6.45, 7) is 0.777. The molecule has 1 heterocycles. The van der Waals surface area contributed by atoms with E-state index in [0.29, 0.717) is 5.46 Å². The molecule has 3 rings (SSSR count). The molecule has 0 radical (unpaired) electrons. The van der Waals surface area contributed by atoms with Crippen LogP contribution in [0.5, 0.6) is 0 Å². The van der Waals surface area contributed by atoms with Crippen LogP contribution in [0.1, 0.15) is 42.9 Å². The Morgan fingerprint density at radius 3 is 2.84 bits per heavy atom. The van der Waals surface area contributed by atoms with Gasteiger partial charge in [-0.2, -0.15) is 0 Å². The number of rotatable bonds is 3. The molecule has 1 aliphatic carbocycles. The lowest BCUT2D eigenvalue weighted by Gasteiger charge is -2.26. The molecule has 0 amide bonds. The predicted octanol–water partition coefficient (Wildman–Crippen LogP) is 0.897. The molecule has 0 bridgehead atoms. The van der Waals surface area contributed by atoms with Crippen molar-refractivity contribution in [3.05, 3.63) is 29.3 Å². The first-order valence-electron chi connectivity index (χ1n) is 7.00. The second-order valence-corrected chi connectivity index (χ2v) is 5.25. The molecule has 2 atom stereocenters. The Hall–Kier alpha value is -0.875. The lowest BCUT2D eigenvalue weighted by molar-refractivity contribution is -0.189. The van der Waals surface area contributed by atoms with E-state index in [9.17, 15) is 10.0 Å². The van der Waals surface area contributed by atoms with Crippen LogP contribution in [0.15, 0.2) is 18.2 Å². The van der Waals surface area contributed by atoms with Gasteiger partial charge in [-0.05, 0) is 48.7 Å². The summed E-state index contributed by atoms with van der Waals surface area (Å²) < 4.78 is 11.6. The summed E-state index contributed by atoms with van der Waals surface area (Å²) in [5.41, 5.74) is 2.71. The van der Waals surface area contributed by atoms with Gasteiger partial charge in [-0.15, -0.1) is 0 Å². The highest BCUT2D eigenvalue weighted by Crippen LogP contribution is 2.35. The molecule has 1 fully saturated rings. The molecule has 2 N–H and O–H groups in total. The van der Waals surface area contributed by atoms with E-state index < -0.39 is 7.12 Å². The summed E-state index contributed by atoms with van der Waals surface area (Å²) in [5.74, 6) is 0. The maximum Gasteiger partial charge on any atom is 0.488 e. The van der Waals surface area contributed by atoms with Crippen LogP contribution in [0.4, 0.5) is 0 Å². The van der Waals surface area contributed by atoms with Gasteiger partial charge in [-0.3, -0.25) is 0 Å². The Kier molecular flexibility index (Phi) is 3.89. The van der Waals surface area contributed by atoms with Gasteiger partial charge in [0, 0.05) is 6.61 Å². The van der Waals surface area contributed by atoms with E-state index in [-0.39, 0.29) is 12.4 Å².